The molecule has 4 rings (SSSR count). The molecule has 8 nitrogen and oxygen atoms in total. The lowest BCUT2D eigenvalue weighted by Crippen LogP contribution is -2.65. The first kappa shape index (κ1) is 21.5. The average Bonchev–Trinajstić information content (AvgIpc) is 3.43. The van der Waals surface area contributed by atoms with E-state index in [0.717, 1.165) is 30.6 Å². The van der Waals surface area contributed by atoms with Crippen molar-refractivity contribution < 1.29 is 19.1 Å². The summed E-state index contributed by atoms with van der Waals surface area (Å²) in [5.41, 5.74) is -0.906. The summed E-state index contributed by atoms with van der Waals surface area (Å²) in [6.45, 7) is 2.42. The zero-order valence-corrected chi connectivity index (χ0v) is 18.7. The van der Waals surface area contributed by atoms with Crippen molar-refractivity contribution in [1.82, 2.24) is 19.8 Å². The maximum absolute atomic E-state index is 13.6. The molecule has 1 aliphatic heterocycles. The van der Waals surface area contributed by atoms with Gasteiger partial charge in [-0.05, 0) is 37.6 Å². The largest absolute Gasteiger partial charge is 0.464 e. The zero-order chi connectivity index (χ0) is 22.0. The highest BCUT2D eigenvalue weighted by Gasteiger charge is 2.49. The number of esters is 1. The highest BCUT2D eigenvalue weighted by atomic mass is 32.1. The molecule has 1 N–H and O–H groups in total. The van der Waals surface area contributed by atoms with E-state index in [1.165, 1.54) is 19.9 Å². The summed E-state index contributed by atoms with van der Waals surface area (Å²) >= 11 is 1.62. The van der Waals surface area contributed by atoms with Crippen LogP contribution < -0.4 is 5.32 Å². The van der Waals surface area contributed by atoms with Crippen molar-refractivity contribution in [2.24, 2.45) is 0 Å². The smallest absolute Gasteiger partial charge is 0.359 e. The number of thiophene rings is 1. The Morgan fingerprint density at radius 2 is 2.10 bits per heavy atom. The molecule has 9 heteroatoms. The van der Waals surface area contributed by atoms with Gasteiger partial charge in [-0.25, -0.2) is 9.78 Å². The van der Waals surface area contributed by atoms with Gasteiger partial charge in [0.2, 0.25) is 5.91 Å². The molecule has 1 saturated carbocycles. The van der Waals surface area contributed by atoms with E-state index < -0.39 is 11.5 Å². The molecular weight excluding hydrogens is 416 g/mol. The van der Waals surface area contributed by atoms with E-state index in [1.807, 2.05) is 17.5 Å². The second-order valence-electron chi connectivity index (χ2n) is 8.43. The van der Waals surface area contributed by atoms with Crippen molar-refractivity contribution >= 4 is 29.1 Å². The fraction of sp³-hybridized carbons (Fsp3) is 0.545. The molecule has 2 aromatic rings. The Kier molecular flexibility index (Phi) is 6.13. The van der Waals surface area contributed by atoms with Crippen molar-refractivity contribution in [3.8, 4) is 0 Å². The Morgan fingerprint density at radius 1 is 1.32 bits per heavy atom. The predicted octanol–water partition coefficient (Wildman–Crippen LogP) is 2.64. The number of aromatic nitrogens is 2. The molecule has 2 aromatic heterocycles. The molecule has 0 saturated heterocycles. The second-order valence-corrected chi connectivity index (χ2v) is 9.46. The van der Waals surface area contributed by atoms with Crippen LogP contribution in [0.3, 0.4) is 0 Å². The summed E-state index contributed by atoms with van der Waals surface area (Å²) in [4.78, 5) is 46.1. The minimum absolute atomic E-state index is 0.0108. The number of hydrogen-bond acceptors (Lipinski definition) is 6. The molecule has 0 spiro atoms. The molecular formula is C22H28N4O4S. The predicted molar refractivity (Wildman–Crippen MR) is 116 cm³/mol. The number of fused-ring (bicyclic) bond motifs is 1. The Hall–Kier alpha value is -2.68. The first-order valence-electron chi connectivity index (χ1n) is 10.7. The summed E-state index contributed by atoms with van der Waals surface area (Å²) in [7, 11) is 1.26. The molecule has 3 heterocycles. The quantitative estimate of drug-likeness (QED) is 0.692. The van der Waals surface area contributed by atoms with E-state index in [0.29, 0.717) is 13.0 Å². The van der Waals surface area contributed by atoms with Crippen LogP contribution in [0.15, 0.2) is 23.8 Å². The lowest BCUT2D eigenvalue weighted by molar-refractivity contribution is -0.133. The van der Waals surface area contributed by atoms with Gasteiger partial charge in [0, 0.05) is 17.5 Å². The Balaban J connectivity index is 1.65. The number of carbonyl (C=O) groups excluding carboxylic acids is 3. The van der Waals surface area contributed by atoms with Gasteiger partial charge >= 0.3 is 5.97 Å². The third-order valence-corrected chi connectivity index (χ3v) is 7.27. The summed E-state index contributed by atoms with van der Waals surface area (Å²) in [6.07, 6.45) is 7.43. The van der Waals surface area contributed by atoms with E-state index >= 15 is 0 Å². The summed E-state index contributed by atoms with van der Waals surface area (Å²) in [5, 5.41) is 5.18. The second kappa shape index (κ2) is 8.82. The molecule has 0 radical (unpaired) electrons. The van der Waals surface area contributed by atoms with Crippen LogP contribution in [0, 0.1) is 0 Å². The number of ether oxygens (including phenoxy) is 1. The van der Waals surface area contributed by atoms with Crippen LogP contribution in [0.1, 0.15) is 64.9 Å². The van der Waals surface area contributed by atoms with Crippen LogP contribution in [0.5, 0.6) is 0 Å². The van der Waals surface area contributed by atoms with Gasteiger partial charge in [-0.2, -0.15) is 0 Å². The summed E-state index contributed by atoms with van der Waals surface area (Å²) in [6, 6.07) is 4.13. The Morgan fingerprint density at radius 3 is 2.77 bits per heavy atom. The van der Waals surface area contributed by atoms with Crippen molar-refractivity contribution in [2.45, 2.75) is 63.6 Å². The number of methoxy groups -OCH3 is 1. The van der Waals surface area contributed by atoms with Crippen molar-refractivity contribution in [2.75, 3.05) is 13.7 Å². The normalized spacial score (nSPS) is 21.6. The molecule has 1 atom stereocenters. The van der Waals surface area contributed by atoms with E-state index in [2.05, 4.69) is 10.3 Å². The lowest BCUT2D eigenvalue weighted by atomic mass is 9.91. The lowest BCUT2D eigenvalue weighted by Gasteiger charge is -2.44. The third kappa shape index (κ3) is 4.11. The van der Waals surface area contributed by atoms with Crippen LogP contribution >= 0.6 is 11.3 Å². The third-order valence-electron chi connectivity index (χ3n) is 6.33. The molecule has 1 unspecified atom stereocenters. The molecule has 2 aliphatic rings. The number of carbonyl (C=O) groups is 3. The Labute approximate surface area is 185 Å². The maximum atomic E-state index is 13.6. The Bertz CT molecular complexity index is 964. The van der Waals surface area contributed by atoms with Crippen LogP contribution in [0.25, 0.3) is 0 Å². The first-order valence-corrected chi connectivity index (χ1v) is 11.6. The maximum Gasteiger partial charge on any atom is 0.359 e. The number of rotatable bonds is 6. The first-order chi connectivity index (χ1) is 14.9. The SMILES string of the molecule is COC(=O)c1ncn2c1C(=O)N(CCc1cccs1)C(C)(C(=O)NC1CCCCC1)C2. The number of hydrogen-bond donors (Lipinski definition) is 1. The highest BCUT2D eigenvalue weighted by Crippen LogP contribution is 2.30. The van der Waals surface area contributed by atoms with Gasteiger partial charge in [-0.1, -0.05) is 25.3 Å². The molecule has 1 fully saturated rings. The molecule has 1 aliphatic carbocycles. The number of nitrogens with zero attached hydrogens (tertiary/aromatic N) is 3. The van der Waals surface area contributed by atoms with Crippen LogP contribution in [0.2, 0.25) is 0 Å². The van der Waals surface area contributed by atoms with E-state index in [9.17, 15) is 14.4 Å². The number of imidazole rings is 1. The van der Waals surface area contributed by atoms with Crippen molar-refractivity contribution in [1.29, 1.82) is 0 Å². The fourth-order valence-corrected chi connectivity index (χ4v) is 5.25. The monoisotopic (exact) mass is 444 g/mol. The highest BCUT2D eigenvalue weighted by molar-refractivity contribution is 7.09. The molecule has 0 bridgehead atoms. The van der Waals surface area contributed by atoms with Crippen molar-refractivity contribution in [3.63, 3.8) is 0 Å². The van der Waals surface area contributed by atoms with Crippen LogP contribution in [-0.4, -0.2) is 57.5 Å². The van der Waals surface area contributed by atoms with Gasteiger partial charge < -0.3 is 19.5 Å². The van der Waals surface area contributed by atoms with Gasteiger partial charge in [0.15, 0.2) is 5.69 Å². The molecule has 166 valence electrons. The molecule has 0 aromatic carbocycles. The fourth-order valence-electron chi connectivity index (χ4n) is 4.55. The molecule has 31 heavy (non-hydrogen) atoms. The summed E-state index contributed by atoms with van der Waals surface area (Å²) in [5.74, 6) is -1.18. The van der Waals surface area contributed by atoms with Crippen LogP contribution in [-0.2, 0) is 22.5 Å². The standard InChI is InChI=1S/C22H28N4O4S/c1-22(21(29)24-15-7-4-3-5-8-15)13-25-14-23-17(20(28)30-2)18(25)19(27)26(22)11-10-16-9-6-12-31-16/h6,9,12,14-15H,3-5,7-8,10-11,13H2,1-2H3,(H,24,29). The van der Waals surface area contributed by atoms with Gasteiger partial charge in [0.25, 0.3) is 5.91 Å². The van der Waals surface area contributed by atoms with E-state index in [-0.39, 0.29) is 35.8 Å². The minimum atomic E-state index is -1.08. The van der Waals surface area contributed by atoms with Gasteiger partial charge in [0.1, 0.15) is 11.2 Å². The average molecular weight is 445 g/mol. The zero-order valence-electron chi connectivity index (χ0n) is 17.9. The van der Waals surface area contributed by atoms with Gasteiger partial charge in [-0.15, -0.1) is 11.3 Å². The van der Waals surface area contributed by atoms with Gasteiger partial charge in [-0.3, -0.25) is 9.59 Å². The van der Waals surface area contributed by atoms with E-state index in [4.69, 9.17) is 4.74 Å². The number of nitrogens with one attached hydrogen (secondary N) is 1. The van der Waals surface area contributed by atoms with Crippen LogP contribution in [0.4, 0.5) is 0 Å². The van der Waals surface area contributed by atoms with Gasteiger partial charge in [0.05, 0.1) is 20.0 Å². The van der Waals surface area contributed by atoms with E-state index in [1.54, 1.807) is 27.7 Å². The summed E-state index contributed by atoms with van der Waals surface area (Å²) < 4.78 is 6.41. The topological polar surface area (TPSA) is 93.5 Å². The van der Waals surface area contributed by atoms with Crippen molar-refractivity contribution in [3.05, 3.63) is 40.1 Å². The molecule has 2 amide bonds. The number of amides is 2. The minimum Gasteiger partial charge on any atom is -0.464 e.